The van der Waals surface area contributed by atoms with Crippen LogP contribution in [-0.2, 0) is 23.3 Å². The molecule has 2 N–H and O–H groups in total. The molecule has 10 heteroatoms. The van der Waals surface area contributed by atoms with Crippen molar-refractivity contribution in [2.24, 2.45) is 4.99 Å². The second-order valence-corrected chi connectivity index (χ2v) is 8.05. The van der Waals surface area contributed by atoms with Crippen molar-refractivity contribution in [3.8, 4) is 11.5 Å². The zero-order valence-electron chi connectivity index (χ0n) is 18.2. The SMILES string of the molecule is CN=C(NCc1ccc(COCC(F)(F)F)cc1)NCC1(c2ccc3c(c2)OCO3)CC1.I. The third-order valence-electron chi connectivity index (χ3n) is 5.67. The molecule has 0 aromatic heterocycles. The van der Waals surface area contributed by atoms with Gasteiger partial charge in [-0.15, -0.1) is 24.0 Å². The molecule has 1 fully saturated rings. The largest absolute Gasteiger partial charge is 0.454 e. The number of alkyl halides is 3. The lowest BCUT2D eigenvalue weighted by molar-refractivity contribution is -0.176. The molecule has 1 heterocycles. The van der Waals surface area contributed by atoms with Crippen LogP contribution in [0.2, 0.25) is 0 Å². The first kappa shape index (κ1) is 25.4. The lowest BCUT2D eigenvalue weighted by atomic mass is 9.95. The minimum Gasteiger partial charge on any atom is -0.454 e. The lowest BCUT2D eigenvalue weighted by Gasteiger charge is -2.19. The highest BCUT2D eigenvalue weighted by Gasteiger charge is 2.44. The molecule has 2 aromatic rings. The molecule has 0 bridgehead atoms. The topological polar surface area (TPSA) is 64.1 Å². The van der Waals surface area contributed by atoms with Crippen molar-refractivity contribution in [1.82, 2.24) is 10.6 Å². The molecule has 1 aliphatic heterocycles. The Morgan fingerprint density at radius 3 is 2.39 bits per heavy atom. The minimum absolute atomic E-state index is 0. The molecule has 180 valence electrons. The number of rotatable bonds is 8. The predicted molar refractivity (Wildman–Crippen MR) is 129 cm³/mol. The predicted octanol–water partition coefficient (Wildman–Crippen LogP) is 4.51. The Hall–Kier alpha value is -2.21. The zero-order chi connectivity index (χ0) is 22.6. The van der Waals surface area contributed by atoms with Crippen molar-refractivity contribution in [3.63, 3.8) is 0 Å². The summed E-state index contributed by atoms with van der Waals surface area (Å²) in [6, 6.07) is 13.4. The molecular weight excluding hydrogens is 550 g/mol. The van der Waals surface area contributed by atoms with Crippen molar-refractivity contribution >= 4 is 29.9 Å². The van der Waals surface area contributed by atoms with E-state index >= 15 is 0 Å². The highest BCUT2D eigenvalue weighted by molar-refractivity contribution is 14.0. The third kappa shape index (κ3) is 6.89. The summed E-state index contributed by atoms with van der Waals surface area (Å²) in [6.45, 7) is 0.245. The fraction of sp³-hybridized carbons (Fsp3) is 0.435. The first-order valence-corrected chi connectivity index (χ1v) is 10.4. The Morgan fingerprint density at radius 1 is 1.03 bits per heavy atom. The van der Waals surface area contributed by atoms with Crippen LogP contribution in [-0.4, -0.2) is 39.1 Å². The van der Waals surface area contributed by atoms with Gasteiger partial charge in [-0.3, -0.25) is 4.99 Å². The summed E-state index contributed by atoms with van der Waals surface area (Å²) in [5.41, 5.74) is 2.98. The number of hydrogen-bond acceptors (Lipinski definition) is 4. The van der Waals surface area contributed by atoms with E-state index in [0.717, 1.165) is 36.4 Å². The summed E-state index contributed by atoms with van der Waals surface area (Å²) < 4.78 is 52.1. The van der Waals surface area contributed by atoms with Gasteiger partial charge in [0.05, 0.1) is 6.61 Å². The average Bonchev–Trinajstić information content (AvgIpc) is 3.41. The van der Waals surface area contributed by atoms with E-state index in [4.69, 9.17) is 9.47 Å². The van der Waals surface area contributed by atoms with Crippen LogP contribution in [0.1, 0.15) is 29.5 Å². The fourth-order valence-corrected chi connectivity index (χ4v) is 3.64. The van der Waals surface area contributed by atoms with Crippen molar-refractivity contribution < 1.29 is 27.4 Å². The average molecular weight is 577 g/mol. The van der Waals surface area contributed by atoms with Gasteiger partial charge in [-0.2, -0.15) is 13.2 Å². The summed E-state index contributed by atoms with van der Waals surface area (Å²) in [5, 5.41) is 6.68. The first-order chi connectivity index (χ1) is 15.4. The van der Waals surface area contributed by atoms with Crippen LogP contribution in [0, 0.1) is 0 Å². The molecule has 0 atom stereocenters. The van der Waals surface area contributed by atoms with Crippen LogP contribution < -0.4 is 20.1 Å². The minimum atomic E-state index is -4.31. The number of benzene rings is 2. The molecule has 33 heavy (non-hydrogen) atoms. The Bertz CT molecular complexity index is 964. The maximum Gasteiger partial charge on any atom is 0.411 e. The molecule has 0 radical (unpaired) electrons. The number of ether oxygens (including phenoxy) is 3. The summed E-state index contributed by atoms with van der Waals surface area (Å²) in [6.07, 6.45) is -2.13. The number of hydrogen-bond donors (Lipinski definition) is 2. The van der Waals surface area contributed by atoms with Gasteiger partial charge in [-0.05, 0) is 41.7 Å². The maximum absolute atomic E-state index is 12.2. The van der Waals surface area contributed by atoms with Gasteiger partial charge in [0.25, 0.3) is 0 Å². The molecule has 0 unspecified atom stereocenters. The number of halogens is 4. The van der Waals surface area contributed by atoms with E-state index in [0.29, 0.717) is 18.1 Å². The second kappa shape index (κ2) is 10.8. The molecular formula is C23H27F3IN3O3. The number of aliphatic imine (C=N–C) groups is 1. The quantitative estimate of drug-likeness (QED) is 0.275. The van der Waals surface area contributed by atoms with E-state index in [1.165, 1.54) is 5.56 Å². The van der Waals surface area contributed by atoms with Crippen LogP contribution in [0.15, 0.2) is 47.5 Å². The van der Waals surface area contributed by atoms with Gasteiger partial charge in [0.2, 0.25) is 6.79 Å². The third-order valence-corrected chi connectivity index (χ3v) is 5.67. The van der Waals surface area contributed by atoms with Gasteiger partial charge in [0.15, 0.2) is 17.5 Å². The van der Waals surface area contributed by atoms with Crippen molar-refractivity contribution in [2.45, 2.75) is 37.6 Å². The van der Waals surface area contributed by atoms with Gasteiger partial charge >= 0.3 is 6.18 Å². The molecule has 6 nitrogen and oxygen atoms in total. The van der Waals surface area contributed by atoms with E-state index in [1.54, 1.807) is 19.2 Å². The van der Waals surface area contributed by atoms with Gasteiger partial charge in [-0.25, -0.2) is 0 Å². The Kier molecular flexibility index (Phi) is 8.33. The van der Waals surface area contributed by atoms with E-state index in [9.17, 15) is 13.2 Å². The van der Waals surface area contributed by atoms with E-state index in [1.807, 2.05) is 18.2 Å². The van der Waals surface area contributed by atoms with Crippen LogP contribution in [0.5, 0.6) is 11.5 Å². The Balaban J connectivity index is 0.00000306. The smallest absolute Gasteiger partial charge is 0.411 e. The molecule has 0 amide bonds. The van der Waals surface area contributed by atoms with Crippen molar-refractivity contribution in [2.75, 3.05) is 27.0 Å². The number of nitrogens with one attached hydrogen (secondary N) is 2. The molecule has 1 aliphatic carbocycles. The fourth-order valence-electron chi connectivity index (χ4n) is 3.64. The van der Waals surface area contributed by atoms with Crippen molar-refractivity contribution in [3.05, 3.63) is 59.2 Å². The first-order valence-electron chi connectivity index (χ1n) is 10.4. The number of nitrogens with zero attached hydrogens (tertiary/aromatic N) is 1. The number of fused-ring (bicyclic) bond motifs is 1. The molecule has 2 aromatic carbocycles. The van der Waals surface area contributed by atoms with Crippen LogP contribution in [0.25, 0.3) is 0 Å². The molecule has 0 spiro atoms. The summed E-state index contributed by atoms with van der Waals surface area (Å²) in [4.78, 5) is 4.29. The van der Waals surface area contributed by atoms with Gasteiger partial charge in [-0.1, -0.05) is 30.3 Å². The van der Waals surface area contributed by atoms with E-state index < -0.39 is 12.8 Å². The summed E-state index contributed by atoms with van der Waals surface area (Å²) >= 11 is 0. The normalized spacial score (nSPS) is 16.2. The monoisotopic (exact) mass is 577 g/mol. The molecule has 0 saturated heterocycles. The van der Waals surface area contributed by atoms with Crippen molar-refractivity contribution in [1.29, 1.82) is 0 Å². The van der Waals surface area contributed by atoms with Crippen LogP contribution in [0.4, 0.5) is 13.2 Å². The Morgan fingerprint density at radius 2 is 1.73 bits per heavy atom. The Labute approximate surface area is 207 Å². The highest BCUT2D eigenvalue weighted by atomic mass is 127. The number of guanidine groups is 1. The van der Waals surface area contributed by atoms with E-state index in [-0.39, 0.29) is 42.8 Å². The van der Waals surface area contributed by atoms with Gasteiger partial charge in [0.1, 0.15) is 6.61 Å². The second-order valence-electron chi connectivity index (χ2n) is 8.05. The van der Waals surface area contributed by atoms with E-state index in [2.05, 4.69) is 32.5 Å². The van der Waals surface area contributed by atoms with Crippen LogP contribution in [0.3, 0.4) is 0 Å². The lowest BCUT2D eigenvalue weighted by Crippen LogP contribution is -2.40. The maximum atomic E-state index is 12.2. The standard InChI is InChI=1S/C23H26F3N3O3.HI/c1-27-21(28-11-16-2-4-17(5-3-16)12-30-14-23(24,25)26)29-13-22(8-9-22)18-6-7-19-20(10-18)32-15-31-19;/h2-7,10H,8-9,11-15H2,1H3,(H2,27,28,29);1H. The summed E-state index contributed by atoms with van der Waals surface area (Å²) in [5.74, 6) is 2.27. The molecule has 4 rings (SSSR count). The van der Waals surface area contributed by atoms with Gasteiger partial charge < -0.3 is 24.8 Å². The molecule has 1 saturated carbocycles. The highest BCUT2D eigenvalue weighted by Crippen LogP contribution is 2.49. The summed E-state index contributed by atoms with van der Waals surface area (Å²) in [7, 11) is 1.72. The van der Waals surface area contributed by atoms with Gasteiger partial charge in [0, 0.05) is 25.6 Å². The zero-order valence-corrected chi connectivity index (χ0v) is 20.5. The van der Waals surface area contributed by atoms with Crippen LogP contribution >= 0.6 is 24.0 Å². The molecule has 2 aliphatic rings.